The second kappa shape index (κ2) is 17.4. The lowest BCUT2D eigenvalue weighted by atomic mass is 9.90. The average Bonchev–Trinajstić information content (AvgIpc) is 2.86. The van der Waals surface area contributed by atoms with Crippen molar-refractivity contribution in [3.05, 3.63) is 65.7 Å². The smallest absolute Gasteiger partial charge is 0.132 e. The summed E-state index contributed by atoms with van der Waals surface area (Å²) in [6, 6.07) is 19.2. The topological polar surface area (TPSA) is 38.3 Å². The molecular formula is C29H45NO2. The number of nitrogens with one attached hydrogen (secondary N) is 1. The van der Waals surface area contributed by atoms with Crippen molar-refractivity contribution in [1.82, 2.24) is 5.32 Å². The van der Waals surface area contributed by atoms with Crippen molar-refractivity contribution in [2.24, 2.45) is 5.92 Å². The molecular weight excluding hydrogens is 394 g/mol. The standard InChI is InChI=1S/C15H23NO.C8H10.C6H12O/c1-2-3-12-17-15-6-4-13(5-7-15)14-8-10-16-11-9-14;1-2-8-6-4-3-5-7-8;1-4-5(2)6(3)7/h4-7,14,16H,2-3,8-12H2,1H3;3-7H,2H2,1H3;5H,4H2,1-3H3. The fraction of sp³-hybridized carbons (Fsp3) is 0.552. The predicted octanol–water partition coefficient (Wildman–Crippen LogP) is 7.20. The Balaban J connectivity index is 0.000000284. The molecule has 0 saturated carbocycles. The van der Waals surface area contributed by atoms with E-state index in [9.17, 15) is 4.79 Å². The van der Waals surface area contributed by atoms with Crippen molar-refractivity contribution in [2.75, 3.05) is 19.7 Å². The summed E-state index contributed by atoms with van der Waals surface area (Å²) in [6.45, 7) is 13.1. The Labute approximate surface area is 197 Å². The fourth-order valence-corrected chi connectivity index (χ4v) is 3.33. The van der Waals surface area contributed by atoms with Gasteiger partial charge < -0.3 is 10.1 Å². The molecule has 0 amide bonds. The lowest BCUT2D eigenvalue weighted by molar-refractivity contribution is -0.120. The van der Waals surface area contributed by atoms with Crippen molar-refractivity contribution < 1.29 is 9.53 Å². The van der Waals surface area contributed by atoms with Gasteiger partial charge in [-0.3, -0.25) is 4.79 Å². The molecule has 1 fully saturated rings. The van der Waals surface area contributed by atoms with Crippen LogP contribution in [0.2, 0.25) is 0 Å². The van der Waals surface area contributed by atoms with Crippen LogP contribution in [0.3, 0.4) is 0 Å². The fourth-order valence-electron chi connectivity index (χ4n) is 3.33. The van der Waals surface area contributed by atoms with Crippen LogP contribution in [0.25, 0.3) is 0 Å². The summed E-state index contributed by atoms with van der Waals surface area (Å²) in [6.07, 6.45) is 6.95. The van der Waals surface area contributed by atoms with Gasteiger partial charge in [0.25, 0.3) is 0 Å². The lowest BCUT2D eigenvalue weighted by Gasteiger charge is -2.23. The van der Waals surface area contributed by atoms with Gasteiger partial charge in [0.15, 0.2) is 0 Å². The number of hydrogen-bond donors (Lipinski definition) is 1. The highest BCUT2D eigenvalue weighted by Gasteiger charge is 2.14. The van der Waals surface area contributed by atoms with E-state index in [0.29, 0.717) is 5.78 Å². The monoisotopic (exact) mass is 439 g/mol. The number of carbonyl (C=O) groups is 1. The highest BCUT2D eigenvalue weighted by Crippen LogP contribution is 2.26. The van der Waals surface area contributed by atoms with Crippen molar-refractivity contribution in [1.29, 1.82) is 0 Å². The molecule has 0 spiro atoms. The molecule has 1 N–H and O–H groups in total. The number of aryl methyl sites for hydroxylation is 1. The van der Waals surface area contributed by atoms with Gasteiger partial charge in [0, 0.05) is 5.92 Å². The molecule has 3 nitrogen and oxygen atoms in total. The van der Waals surface area contributed by atoms with Crippen LogP contribution in [-0.2, 0) is 11.2 Å². The number of hydrogen-bond acceptors (Lipinski definition) is 3. The number of unbranched alkanes of at least 4 members (excludes halogenated alkanes) is 1. The van der Waals surface area contributed by atoms with Crippen LogP contribution < -0.4 is 10.1 Å². The molecule has 0 aromatic heterocycles. The summed E-state index contributed by atoms with van der Waals surface area (Å²) >= 11 is 0. The maximum Gasteiger partial charge on any atom is 0.132 e. The molecule has 1 saturated heterocycles. The maximum atomic E-state index is 10.4. The summed E-state index contributed by atoms with van der Waals surface area (Å²) in [5.74, 6) is 2.31. The molecule has 1 atom stereocenters. The van der Waals surface area contributed by atoms with E-state index in [2.05, 4.69) is 67.7 Å². The molecule has 0 bridgehead atoms. The largest absolute Gasteiger partial charge is 0.494 e. The minimum atomic E-state index is 0.264. The summed E-state index contributed by atoms with van der Waals surface area (Å²) in [4.78, 5) is 10.4. The van der Waals surface area contributed by atoms with Crippen LogP contribution in [0.4, 0.5) is 0 Å². The number of ether oxygens (including phenoxy) is 1. The molecule has 3 heteroatoms. The third-order valence-corrected chi connectivity index (χ3v) is 6.01. The zero-order valence-corrected chi connectivity index (χ0v) is 21.0. The zero-order valence-electron chi connectivity index (χ0n) is 21.0. The summed E-state index contributed by atoms with van der Waals surface area (Å²) in [5, 5.41) is 3.41. The van der Waals surface area contributed by atoms with Crippen molar-refractivity contribution in [3.8, 4) is 5.75 Å². The van der Waals surface area contributed by atoms with Crippen LogP contribution in [0.15, 0.2) is 54.6 Å². The molecule has 1 heterocycles. The van der Waals surface area contributed by atoms with Crippen LogP contribution >= 0.6 is 0 Å². The third kappa shape index (κ3) is 12.0. The first-order valence-electron chi connectivity index (χ1n) is 12.5. The highest BCUT2D eigenvalue weighted by molar-refractivity contribution is 5.77. The van der Waals surface area contributed by atoms with Crippen LogP contribution in [0, 0.1) is 5.92 Å². The van der Waals surface area contributed by atoms with E-state index in [0.717, 1.165) is 50.6 Å². The first-order valence-corrected chi connectivity index (χ1v) is 12.5. The van der Waals surface area contributed by atoms with E-state index in [-0.39, 0.29) is 5.92 Å². The first-order chi connectivity index (χ1) is 15.5. The zero-order chi connectivity index (χ0) is 23.6. The maximum absolute atomic E-state index is 10.4. The van der Waals surface area contributed by atoms with Crippen molar-refractivity contribution in [3.63, 3.8) is 0 Å². The van der Waals surface area contributed by atoms with Gasteiger partial charge >= 0.3 is 0 Å². The van der Waals surface area contributed by atoms with E-state index >= 15 is 0 Å². The Morgan fingerprint density at radius 2 is 1.62 bits per heavy atom. The molecule has 1 aliphatic rings. The number of rotatable bonds is 8. The Morgan fingerprint density at radius 1 is 1.00 bits per heavy atom. The highest BCUT2D eigenvalue weighted by atomic mass is 16.5. The van der Waals surface area contributed by atoms with Gasteiger partial charge in [-0.2, -0.15) is 0 Å². The molecule has 0 aliphatic carbocycles. The minimum absolute atomic E-state index is 0.264. The van der Waals surface area contributed by atoms with E-state index in [1.54, 1.807) is 6.92 Å². The summed E-state index contributed by atoms with van der Waals surface area (Å²) in [5.41, 5.74) is 2.88. The number of carbonyl (C=O) groups excluding carboxylic acids is 1. The number of ketones is 1. The van der Waals surface area contributed by atoms with Gasteiger partial charge in [-0.15, -0.1) is 0 Å². The molecule has 1 unspecified atom stereocenters. The van der Waals surface area contributed by atoms with Crippen LogP contribution in [0.1, 0.15) is 83.8 Å². The van der Waals surface area contributed by atoms with Gasteiger partial charge in [-0.05, 0) is 81.3 Å². The molecule has 3 rings (SSSR count). The lowest BCUT2D eigenvalue weighted by Crippen LogP contribution is -2.26. The third-order valence-electron chi connectivity index (χ3n) is 6.01. The molecule has 178 valence electrons. The van der Waals surface area contributed by atoms with Crippen LogP contribution in [0.5, 0.6) is 5.75 Å². The molecule has 2 aromatic carbocycles. The van der Waals surface area contributed by atoms with E-state index in [4.69, 9.17) is 4.74 Å². The SMILES string of the molecule is CCC(C)C(C)=O.CCCCOc1ccc(C2CCNCC2)cc1.CCc1ccccc1. The van der Waals surface area contributed by atoms with Gasteiger partial charge in [0.2, 0.25) is 0 Å². The summed E-state index contributed by atoms with van der Waals surface area (Å²) in [7, 11) is 0. The van der Waals surface area contributed by atoms with Gasteiger partial charge in [-0.1, -0.05) is 76.6 Å². The Kier molecular flexibility index (Phi) is 15.2. The molecule has 32 heavy (non-hydrogen) atoms. The number of Topliss-reactive ketones (excluding diaryl/α,β-unsaturated/α-hetero) is 1. The minimum Gasteiger partial charge on any atom is -0.494 e. The van der Waals surface area contributed by atoms with Crippen molar-refractivity contribution >= 4 is 5.78 Å². The number of benzene rings is 2. The average molecular weight is 440 g/mol. The molecule has 1 aliphatic heterocycles. The molecule has 2 aromatic rings. The Morgan fingerprint density at radius 3 is 2.06 bits per heavy atom. The normalized spacial score (nSPS) is 14.3. The van der Waals surface area contributed by atoms with E-state index in [1.807, 2.05) is 19.9 Å². The van der Waals surface area contributed by atoms with Crippen molar-refractivity contribution in [2.45, 2.75) is 79.1 Å². The first kappa shape index (κ1) is 27.9. The van der Waals surface area contributed by atoms with E-state index in [1.165, 1.54) is 30.4 Å². The summed E-state index contributed by atoms with van der Waals surface area (Å²) < 4.78 is 5.68. The van der Waals surface area contributed by atoms with Gasteiger partial charge in [0.05, 0.1) is 6.61 Å². The number of piperidine rings is 1. The molecule has 0 radical (unpaired) electrons. The van der Waals surface area contributed by atoms with Crippen LogP contribution in [-0.4, -0.2) is 25.5 Å². The second-order valence-electron chi connectivity index (χ2n) is 8.55. The van der Waals surface area contributed by atoms with Gasteiger partial charge in [0.1, 0.15) is 11.5 Å². The Bertz CT molecular complexity index is 706. The predicted molar refractivity (Wildman–Crippen MR) is 138 cm³/mol. The quantitative estimate of drug-likeness (QED) is 0.442. The Hall–Kier alpha value is -2.13. The second-order valence-corrected chi connectivity index (χ2v) is 8.55. The van der Waals surface area contributed by atoms with E-state index < -0.39 is 0 Å². The van der Waals surface area contributed by atoms with Gasteiger partial charge in [-0.25, -0.2) is 0 Å².